The summed E-state index contributed by atoms with van der Waals surface area (Å²) in [4.78, 5) is 0. The zero-order chi connectivity index (χ0) is 30.2. The maximum Gasteiger partial charge on any atom is 0.411 e. The van der Waals surface area contributed by atoms with Crippen molar-refractivity contribution in [3.05, 3.63) is 83.0 Å². The van der Waals surface area contributed by atoms with Crippen molar-refractivity contribution >= 4 is 0 Å². The average molecular weight is 557 g/mol. The van der Waals surface area contributed by atoms with E-state index in [0.29, 0.717) is 12.8 Å². The second-order valence-electron chi connectivity index (χ2n) is 11.3. The average Bonchev–Trinajstić information content (AvgIpc) is 2.81. The highest BCUT2D eigenvalue weighted by Crippen LogP contribution is 2.58. The molecule has 2 rings (SSSR count). The van der Waals surface area contributed by atoms with Gasteiger partial charge in [0.05, 0.1) is 0 Å². The molecule has 2 aromatic carbocycles. The molecule has 8 heteroatoms. The molecule has 0 amide bonds. The molecule has 0 aliphatic carbocycles. The van der Waals surface area contributed by atoms with E-state index in [1.807, 2.05) is 0 Å². The minimum absolute atomic E-state index is 0.0172. The molecule has 0 heterocycles. The molecule has 0 aliphatic rings. The Morgan fingerprint density at radius 1 is 0.641 bits per heavy atom. The van der Waals surface area contributed by atoms with Gasteiger partial charge in [-0.05, 0) is 70.9 Å². The molecule has 0 bridgehead atoms. The largest absolute Gasteiger partial charge is 0.507 e. The number of aromatic hydroxyl groups is 2. The predicted molar refractivity (Wildman–Crippen MR) is 144 cm³/mol. The SMILES string of the molecule is C=CCc1cc(C(c2cc(CC=C)c(O)c(C(C)(C)CC)c2)(C(F)(F)F)C(F)(F)F)cc(C(C)(C)CC)c1O. The van der Waals surface area contributed by atoms with Crippen molar-refractivity contribution in [1.82, 2.24) is 0 Å². The molecule has 0 spiro atoms. The zero-order valence-electron chi connectivity index (χ0n) is 23.4. The maximum atomic E-state index is 15.2. The van der Waals surface area contributed by atoms with Gasteiger partial charge in [0.15, 0.2) is 0 Å². The summed E-state index contributed by atoms with van der Waals surface area (Å²) in [5, 5.41) is 21.9. The third-order valence-corrected chi connectivity index (χ3v) is 8.05. The van der Waals surface area contributed by atoms with Crippen LogP contribution in [-0.2, 0) is 29.1 Å². The number of allylic oxidation sites excluding steroid dienone is 2. The maximum absolute atomic E-state index is 15.2. The van der Waals surface area contributed by atoms with Gasteiger partial charge in [0.1, 0.15) is 11.5 Å². The van der Waals surface area contributed by atoms with Crippen LogP contribution in [0, 0.1) is 0 Å². The molecule has 0 radical (unpaired) electrons. The molecule has 2 nitrogen and oxygen atoms in total. The summed E-state index contributed by atoms with van der Waals surface area (Å²) < 4.78 is 91.3. The number of hydrogen-bond donors (Lipinski definition) is 2. The molecule has 39 heavy (non-hydrogen) atoms. The van der Waals surface area contributed by atoms with Crippen molar-refractivity contribution in [3.63, 3.8) is 0 Å². The summed E-state index contributed by atoms with van der Waals surface area (Å²) in [6.45, 7) is 17.2. The van der Waals surface area contributed by atoms with Crippen LogP contribution < -0.4 is 0 Å². The first-order chi connectivity index (χ1) is 17.8. The molecule has 0 fully saturated rings. The van der Waals surface area contributed by atoms with E-state index in [2.05, 4.69) is 13.2 Å². The molecule has 0 aromatic heterocycles. The highest BCUT2D eigenvalue weighted by Gasteiger charge is 2.73. The van der Waals surface area contributed by atoms with Crippen LogP contribution in [-0.4, -0.2) is 22.6 Å². The van der Waals surface area contributed by atoms with Gasteiger partial charge in [-0.25, -0.2) is 0 Å². The van der Waals surface area contributed by atoms with Gasteiger partial charge in [-0.2, -0.15) is 26.3 Å². The summed E-state index contributed by atoms with van der Waals surface area (Å²) in [5.41, 5.74) is -8.63. The van der Waals surface area contributed by atoms with Crippen LogP contribution in [0.2, 0.25) is 0 Å². The topological polar surface area (TPSA) is 40.5 Å². The van der Waals surface area contributed by atoms with Gasteiger partial charge in [-0.1, -0.05) is 65.8 Å². The van der Waals surface area contributed by atoms with Crippen LogP contribution in [0.1, 0.15) is 87.8 Å². The van der Waals surface area contributed by atoms with Crippen molar-refractivity contribution in [3.8, 4) is 11.5 Å². The normalized spacial score (nSPS) is 13.4. The van der Waals surface area contributed by atoms with Crippen molar-refractivity contribution in [1.29, 1.82) is 0 Å². The van der Waals surface area contributed by atoms with Crippen molar-refractivity contribution < 1.29 is 36.6 Å². The van der Waals surface area contributed by atoms with Gasteiger partial charge in [0, 0.05) is 11.1 Å². The number of phenolic OH excluding ortho intramolecular Hbond substituents is 2. The highest BCUT2D eigenvalue weighted by atomic mass is 19.4. The van der Waals surface area contributed by atoms with E-state index in [1.54, 1.807) is 41.5 Å². The number of alkyl halides is 6. The predicted octanol–water partition coefficient (Wildman–Crippen LogP) is 9.34. The summed E-state index contributed by atoms with van der Waals surface area (Å²) in [5.74, 6) is -0.704. The Kier molecular flexibility index (Phi) is 9.06. The Bertz CT molecular complexity index is 1120. The van der Waals surface area contributed by atoms with Crippen LogP contribution in [0.4, 0.5) is 26.3 Å². The van der Waals surface area contributed by atoms with Gasteiger partial charge in [0.25, 0.3) is 0 Å². The van der Waals surface area contributed by atoms with Crippen LogP contribution in [0.25, 0.3) is 0 Å². The highest BCUT2D eigenvalue weighted by molar-refractivity contribution is 5.58. The lowest BCUT2D eigenvalue weighted by Gasteiger charge is -2.40. The number of halogens is 6. The Labute approximate surface area is 227 Å². The van der Waals surface area contributed by atoms with Crippen molar-refractivity contribution in [2.24, 2.45) is 0 Å². The summed E-state index contributed by atoms with van der Waals surface area (Å²) in [6.07, 6.45) is -8.62. The van der Waals surface area contributed by atoms with E-state index in [0.717, 1.165) is 24.3 Å². The second-order valence-corrected chi connectivity index (χ2v) is 11.3. The van der Waals surface area contributed by atoms with E-state index in [1.165, 1.54) is 12.2 Å². The van der Waals surface area contributed by atoms with Gasteiger partial charge in [-0.3, -0.25) is 0 Å². The minimum atomic E-state index is -5.84. The van der Waals surface area contributed by atoms with Crippen LogP contribution >= 0.6 is 0 Å². The van der Waals surface area contributed by atoms with Gasteiger partial charge >= 0.3 is 12.4 Å². The summed E-state index contributed by atoms with van der Waals surface area (Å²) in [6, 6.07) is 3.21. The van der Waals surface area contributed by atoms with E-state index in [-0.39, 0.29) is 46.6 Å². The van der Waals surface area contributed by atoms with Crippen LogP contribution in [0.5, 0.6) is 11.5 Å². The fraction of sp³-hybridized carbons (Fsp3) is 0.484. The van der Waals surface area contributed by atoms with Gasteiger partial charge in [0.2, 0.25) is 5.41 Å². The van der Waals surface area contributed by atoms with E-state index in [9.17, 15) is 10.2 Å². The van der Waals surface area contributed by atoms with Gasteiger partial charge < -0.3 is 10.2 Å². The first kappa shape index (κ1) is 32.3. The summed E-state index contributed by atoms with van der Waals surface area (Å²) in [7, 11) is 0. The number of benzene rings is 2. The number of hydrogen-bond acceptors (Lipinski definition) is 2. The molecule has 0 saturated carbocycles. The van der Waals surface area contributed by atoms with E-state index >= 15 is 26.3 Å². The molecule has 216 valence electrons. The van der Waals surface area contributed by atoms with Crippen molar-refractivity contribution in [2.45, 2.75) is 95.8 Å². The molecule has 0 aliphatic heterocycles. The lowest BCUT2D eigenvalue weighted by atomic mass is 9.68. The lowest BCUT2D eigenvalue weighted by molar-refractivity contribution is -0.288. The molecule has 0 unspecified atom stereocenters. The Morgan fingerprint density at radius 3 is 1.18 bits per heavy atom. The fourth-order valence-corrected chi connectivity index (χ4v) is 4.84. The molecular formula is C31H38F6O2. The Morgan fingerprint density at radius 2 is 0.949 bits per heavy atom. The number of phenols is 2. The Balaban J connectivity index is 3.30. The van der Waals surface area contributed by atoms with Gasteiger partial charge in [-0.15, -0.1) is 13.2 Å². The first-order valence-corrected chi connectivity index (χ1v) is 12.9. The molecule has 2 N–H and O–H groups in total. The standard InChI is InChI=1S/C31H38F6O2/c1-9-13-19-15-21(17-23(25(19)38)27(5,6)11-3)29(30(32,33)34,31(35,36)37)22-16-20(14-10-2)26(39)24(18-22)28(7,8)12-4/h9-10,15-18,38-39H,1-2,11-14H2,3-8H3. The van der Waals surface area contributed by atoms with E-state index < -0.39 is 39.7 Å². The fourth-order valence-electron chi connectivity index (χ4n) is 4.84. The summed E-state index contributed by atoms with van der Waals surface area (Å²) >= 11 is 0. The molecular weight excluding hydrogens is 518 g/mol. The third kappa shape index (κ3) is 5.57. The minimum Gasteiger partial charge on any atom is -0.507 e. The lowest BCUT2D eigenvalue weighted by Crippen LogP contribution is -2.55. The van der Waals surface area contributed by atoms with Crippen molar-refractivity contribution in [2.75, 3.05) is 0 Å². The smallest absolute Gasteiger partial charge is 0.411 e. The monoisotopic (exact) mass is 556 g/mol. The number of rotatable bonds is 10. The quantitative estimate of drug-likeness (QED) is 0.226. The first-order valence-electron chi connectivity index (χ1n) is 12.9. The van der Waals surface area contributed by atoms with Crippen LogP contribution in [0.15, 0.2) is 49.6 Å². The van der Waals surface area contributed by atoms with Crippen LogP contribution in [0.3, 0.4) is 0 Å². The Hall–Kier alpha value is -2.90. The molecule has 0 saturated heterocycles. The molecule has 0 atom stereocenters. The zero-order valence-corrected chi connectivity index (χ0v) is 23.4. The third-order valence-electron chi connectivity index (χ3n) is 8.05. The second kappa shape index (κ2) is 10.9. The molecule has 2 aromatic rings. The van der Waals surface area contributed by atoms with E-state index in [4.69, 9.17) is 0 Å².